The van der Waals surface area contributed by atoms with Crippen molar-refractivity contribution in [3.63, 3.8) is 0 Å². The van der Waals surface area contributed by atoms with E-state index in [1.807, 2.05) is 18.2 Å². The van der Waals surface area contributed by atoms with Crippen LogP contribution in [0.4, 0.5) is 0 Å². The normalized spacial score (nSPS) is 14.5. The molecular weight excluding hydrogens is 368 g/mol. The van der Waals surface area contributed by atoms with Gasteiger partial charge in [0.15, 0.2) is 0 Å². The van der Waals surface area contributed by atoms with Crippen LogP contribution in [0.3, 0.4) is 0 Å². The Morgan fingerprint density at radius 2 is 1.43 bits per heavy atom. The molecule has 0 radical (unpaired) electrons. The molecule has 148 valence electrons. The van der Waals surface area contributed by atoms with Gasteiger partial charge in [0.2, 0.25) is 0 Å². The van der Waals surface area contributed by atoms with E-state index < -0.39 is 0 Å². The van der Waals surface area contributed by atoms with Gasteiger partial charge in [0.1, 0.15) is 6.61 Å². The predicted octanol–water partition coefficient (Wildman–Crippen LogP) is 6.40. The summed E-state index contributed by atoms with van der Waals surface area (Å²) in [5, 5.41) is 4.56. The van der Waals surface area contributed by atoms with E-state index in [-0.39, 0.29) is 0 Å². The molecule has 1 aromatic heterocycles. The zero-order valence-electron chi connectivity index (χ0n) is 16.9. The van der Waals surface area contributed by atoms with Crippen LogP contribution in [0.25, 0.3) is 16.9 Å². The lowest BCUT2D eigenvalue weighted by Crippen LogP contribution is -2.14. The zero-order valence-corrected chi connectivity index (χ0v) is 16.9. The van der Waals surface area contributed by atoms with Crippen LogP contribution in [-0.4, -0.2) is 10.3 Å². The van der Waals surface area contributed by atoms with Crippen molar-refractivity contribution < 1.29 is 4.84 Å². The summed E-state index contributed by atoms with van der Waals surface area (Å²) in [5.41, 5.74) is 8.28. The maximum atomic E-state index is 5.76. The Morgan fingerprint density at radius 1 is 0.767 bits per heavy atom. The van der Waals surface area contributed by atoms with Gasteiger partial charge in [-0.2, -0.15) is 0 Å². The predicted molar refractivity (Wildman–Crippen MR) is 122 cm³/mol. The Morgan fingerprint density at radius 3 is 2.17 bits per heavy atom. The lowest BCUT2D eigenvalue weighted by Gasteiger charge is -2.18. The van der Waals surface area contributed by atoms with Gasteiger partial charge >= 0.3 is 0 Å². The van der Waals surface area contributed by atoms with Crippen LogP contribution in [0.15, 0.2) is 102 Å². The second-order valence-electron chi connectivity index (χ2n) is 7.58. The Bertz CT molecular complexity index is 1150. The van der Waals surface area contributed by atoms with Crippen molar-refractivity contribution in [2.24, 2.45) is 5.16 Å². The van der Waals surface area contributed by atoms with Crippen molar-refractivity contribution in [2.75, 3.05) is 0 Å². The first-order valence-electron chi connectivity index (χ1n) is 10.5. The molecule has 4 aromatic rings. The zero-order chi connectivity index (χ0) is 20.2. The fourth-order valence-electron chi connectivity index (χ4n) is 4.15. The first-order valence-corrected chi connectivity index (χ1v) is 10.5. The molecule has 0 saturated heterocycles. The van der Waals surface area contributed by atoms with Gasteiger partial charge in [-0.25, -0.2) is 0 Å². The highest BCUT2D eigenvalue weighted by Crippen LogP contribution is 2.34. The van der Waals surface area contributed by atoms with Crippen LogP contribution in [0, 0.1) is 0 Å². The molecule has 1 aliphatic rings. The molecule has 0 aliphatic heterocycles. The van der Waals surface area contributed by atoms with E-state index in [0.717, 1.165) is 30.5 Å². The first kappa shape index (κ1) is 18.4. The third kappa shape index (κ3) is 3.67. The van der Waals surface area contributed by atoms with Crippen molar-refractivity contribution in [3.05, 3.63) is 114 Å². The SMILES string of the molecule is c1ccc(CO/N=C2/CCCc3c2cc(-c2ccccc2)n3-c2ccccc2)cc1. The lowest BCUT2D eigenvalue weighted by atomic mass is 9.95. The van der Waals surface area contributed by atoms with Crippen molar-refractivity contribution >= 4 is 5.71 Å². The molecule has 0 bridgehead atoms. The fraction of sp³-hybridized carbons (Fsp3) is 0.148. The number of benzene rings is 3. The Balaban J connectivity index is 1.55. The van der Waals surface area contributed by atoms with Crippen molar-refractivity contribution in [1.82, 2.24) is 4.57 Å². The molecule has 30 heavy (non-hydrogen) atoms. The number of hydrogen-bond acceptors (Lipinski definition) is 2. The van der Waals surface area contributed by atoms with Gasteiger partial charge in [-0.15, -0.1) is 0 Å². The molecule has 1 aliphatic carbocycles. The van der Waals surface area contributed by atoms with E-state index in [9.17, 15) is 0 Å². The number of aromatic nitrogens is 1. The second-order valence-corrected chi connectivity index (χ2v) is 7.58. The van der Waals surface area contributed by atoms with E-state index in [1.54, 1.807) is 0 Å². The second kappa shape index (κ2) is 8.42. The number of rotatable bonds is 5. The van der Waals surface area contributed by atoms with Crippen LogP contribution in [-0.2, 0) is 17.9 Å². The van der Waals surface area contributed by atoms with Crippen LogP contribution < -0.4 is 0 Å². The van der Waals surface area contributed by atoms with Gasteiger partial charge in [0.05, 0.1) is 11.4 Å². The molecule has 3 heteroatoms. The quantitative estimate of drug-likeness (QED) is 0.361. The third-order valence-corrected chi connectivity index (χ3v) is 5.57. The van der Waals surface area contributed by atoms with E-state index in [1.165, 1.54) is 28.2 Å². The summed E-state index contributed by atoms with van der Waals surface area (Å²) in [4.78, 5) is 5.76. The Hall–Kier alpha value is -3.59. The van der Waals surface area contributed by atoms with Gasteiger partial charge < -0.3 is 9.40 Å². The molecule has 0 N–H and O–H groups in total. The maximum Gasteiger partial charge on any atom is 0.142 e. The summed E-state index contributed by atoms with van der Waals surface area (Å²) in [5.74, 6) is 0. The van der Waals surface area contributed by atoms with E-state index >= 15 is 0 Å². The highest BCUT2D eigenvalue weighted by molar-refractivity contribution is 6.03. The van der Waals surface area contributed by atoms with E-state index in [4.69, 9.17) is 4.84 Å². The van der Waals surface area contributed by atoms with Crippen molar-refractivity contribution in [3.8, 4) is 16.9 Å². The molecule has 0 fully saturated rings. The number of oxime groups is 1. The van der Waals surface area contributed by atoms with Crippen molar-refractivity contribution in [1.29, 1.82) is 0 Å². The minimum absolute atomic E-state index is 0.491. The average molecular weight is 393 g/mol. The van der Waals surface area contributed by atoms with Gasteiger partial charge in [-0.1, -0.05) is 84.0 Å². The fourth-order valence-corrected chi connectivity index (χ4v) is 4.15. The first-order chi connectivity index (χ1) is 14.9. The van der Waals surface area contributed by atoms with Gasteiger partial charge in [0.25, 0.3) is 0 Å². The molecule has 3 nitrogen and oxygen atoms in total. The number of hydrogen-bond donors (Lipinski definition) is 0. The Labute approximate surface area is 177 Å². The lowest BCUT2D eigenvalue weighted by molar-refractivity contribution is 0.130. The Kier molecular flexibility index (Phi) is 5.17. The topological polar surface area (TPSA) is 26.5 Å². The monoisotopic (exact) mass is 392 g/mol. The van der Waals surface area contributed by atoms with Crippen LogP contribution in [0.1, 0.15) is 29.7 Å². The third-order valence-electron chi connectivity index (χ3n) is 5.57. The highest BCUT2D eigenvalue weighted by Gasteiger charge is 2.24. The summed E-state index contributed by atoms with van der Waals surface area (Å²) < 4.78 is 2.39. The largest absolute Gasteiger partial charge is 0.391 e. The minimum Gasteiger partial charge on any atom is -0.391 e. The molecule has 0 atom stereocenters. The van der Waals surface area contributed by atoms with E-state index in [0.29, 0.717) is 6.61 Å². The number of fused-ring (bicyclic) bond motifs is 1. The minimum atomic E-state index is 0.491. The molecule has 0 saturated carbocycles. The van der Waals surface area contributed by atoms with Gasteiger partial charge in [0, 0.05) is 16.9 Å². The maximum absolute atomic E-state index is 5.76. The van der Waals surface area contributed by atoms with E-state index in [2.05, 4.69) is 88.6 Å². The molecule has 0 unspecified atom stereocenters. The summed E-state index contributed by atoms with van der Waals surface area (Å²) >= 11 is 0. The molecule has 0 amide bonds. The number of para-hydroxylation sites is 1. The summed E-state index contributed by atoms with van der Waals surface area (Å²) in [6, 6.07) is 33.6. The van der Waals surface area contributed by atoms with Crippen LogP contribution in [0.5, 0.6) is 0 Å². The summed E-state index contributed by atoms with van der Waals surface area (Å²) in [7, 11) is 0. The molecular formula is C27H24N2O. The average Bonchev–Trinajstić information content (AvgIpc) is 3.21. The number of nitrogens with zero attached hydrogens (tertiary/aromatic N) is 2. The molecule has 0 spiro atoms. The summed E-state index contributed by atoms with van der Waals surface area (Å²) in [6.45, 7) is 0.491. The molecule has 3 aromatic carbocycles. The van der Waals surface area contributed by atoms with Crippen LogP contribution >= 0.6 is 0 Å². The van der Waals surface area contributed by atoms with Gasteiger partial charge in [-0.3, -0.25) is 0 Å². The van der Waals surface area contributed by atoms with Gasteiger partial charge in [-0.05, 0) is 48.6 Å². The van der Waals surface area contributed by atoms with Crippen molar-refractivity contribution in [2.45, 2.75) is 25.9 Å². The standard InChI is InChI=1S/C27H24N2O/c1-4-11-21(12-5-1)20-30-28-25-17-10-18-26-24(25)19-27(22-13-6-2-7-14-22)29(26)23-15-8-3-9-16-23/h1-9,11-16,19H,10,17-18,20H2/b28-25-. The smallest absolute Gasteiger partial charge is 0.142 e. The summed E-state index contributed by atoms with van der Waals surface area (Å²) in [6.07, 6.45) is 3.05. The highest BCUT2D eigenvalue weighted by atomic mass is 16.6. The van der Waals surface area contributed by atoms with Crippen LogP contribution in [0.2, 0.25) is 0 Å². The molecule has 5 rings (SSSR count). The molecule has 1 heterocycles.